The van der Waals surface area contributed by atoms with Gasteiger partial charge in [0.05, 0.1) is 5.56 Å². The van der Waals surface area contributed by atoms with Crippen LogP contribution in [-0.4, -0.2) is 31.6 Å². The van der Waals surface area contributed by atoms with Gasteiger partial charge in [-0.1, -0.05) is 24.8 Å². The number of hydrogen-bond acceptors (Lipinski definition) is 3. The van der Waals surface area contributed by atoms with Crippen LogP contribution in [0.15, 0.2) is 36.9 Å². The lowest BCUT2D eigenvalue weighted by molar-refractivity contribution is 0.0927. The minimum atomic E-state index is -0.0756. The van der Waals surface area contributed by atoms with E-state index in [0.717, 1.165) is 25.9 Å². The molecule has 4 nitrogen and oxygen atoms in total. The molecule has 1 aromatic carbocycles. The van der Waals surface area contributed by atoms with Crippen molar-refractivity contribution in [2.75, 3.05) is 19.7 Å². The lowest BCUT2D eigenvalue weighted by Crippen LogP contribution is -2.45. The molecule has 0 aliphatic carbocycles. The molecule has 1 aliphatic rings. The molecule has 0 radical (unpaired) electrons. The van der Waals surface area contributed by atoms with Gasteiger partial charge in [0.1, 0.15) is 12.4 Å². The zero-order valence-electron chi connectivity index (χ0n) is 11.4. The number of carbonyl (C=O) groups is 1. The molecule has 2 N–H and O–H groups in total. The van der Waals surface area contributed by atoms with Gasteiger partial charge >= 0.3 is 0 Å². The third-order valence-electron chi connectivity index (χ3n) is 3.12. The summed E-state index contributed by atoms with van der Waals surface area (Å²) in [5.74, 6) is 0.525. The molecular weight excluding hydrogens is 276 g/mol. The second-order valence-electron chi connectivity index (χ2n) is 4.61. The van der Waals surface area contributed by atoms with Crippen LogP contribution < -0.4 is 15.4 Å². The van der Waals surface area contributed by atoms with E-state index in [-0.39, 0.29) is 24.4 Å². The van der Waals surface area contributed by atoms with Gasteiger partial charge in [0.2, 0.25) is 0 Å². The molecule has 1 atom stereocenters. The van der Waals surface area contributed by atoms with E-state index >= 15 is 0 Å². The maximum atomic E-state index is 12.3. The van der Waals surface area contributed by atoms with Crippen molar-refractivity contribution in [3.8, 4) is 5.75 Å². The molecule has 1 saturated heterocycles. The molecular formula is C15H21ClN2O2. The minimum absolute atomic E-state index is 0. The number of nitrogens with one attached hydrogen (secondary N) is 2. The van der Waals surface area contributed by atoms with Crippen LogP contribution in [0.4, 0.5) is 0 Å². The van der Waals surface area contributed by atoms with Crippen LogP contribution in [0.3, 0.4) is 0 Å². The fraction of sp³-hybridized carbons (Fsp3) is 0.400. The van der Waals surface area contributed by atoms with Crippen molar-refractivity contribution in [1.29, 1.82) is 0 Å². The Bertz CT molecular complexity index is 445. The van der Waals surface area contributed by atoms with Gasteiger partial charge in [-0.2, -0.15) is 0 Å². The highest BCUT2D eigenvalue weighted by atomic mass is 35.5. The first-order chi connectivity index (χ1) is 9.31. The normalized spacial score (nSPS) is 17.7. The molecule has 0 aromatic heterocycles. The summed E-state index contributed by atoms with van der Waals surface area (Å²) in [7, 11) is 0. The number of carbonyl (C=O) groups excluding carboxylic acids is 1. The van der Waals surface area contributed by atoms with Crippen LogP contribution in [0.25, 0.3) is 0 Å². The summed E-state index contributed by atoms with van der Waals surface area (Å²) in [4.78, 5) is 12.3. The smallest absolute Gasteiger partial charge is 0.255 e. The molecule has 1 aliphatic heterocycles. The summed E-state index contributed by atoms with van der Waals surface area (Å²) in [6.07, 6.45) is 3.79. The predicted octanol–water partition coefficient (Wildman–Crippen LogP) is 2.16. The van der Waals surface area contributed by atoms with E-state index < -0.39 is 0 Å². The summed E-state index contributed by atoms with van der Waals surface area (Å²) in [5, 5.41) is 6.33. The average Bonchev–Trinajstić information content (AvgIpc) is 2.46. The van der Waals surface area contributed by atoms with Crippen molar-refractivity contribution in [3.05, 3.63) is 42.5 Å². The van der Waals surface area contributed by atoms with Crippen LogP contribution in [0.5, 0.6) is 5.75 Å². The minimum Gasteiger partial charge on any atom is -0.489 e. The summed E-state index contributed by atoms with van der Waals surface area (Å²) >= 11 is 0. The Morgan fingerprint density at radius 1 is 1.50 bits per heavy atom. The number of ether oxygens (including phenoxy) is 1. The van der Waals surface area contributed by atoms with Gasteiger partial charge in [0, 0.05) is 12.6 Å². The van der Waals surface area contributed by atoms with E-state index in [4.69, 9.17) is 4.74 Å². The molecule has 5 heteroatoms. The first-order valence-electron chi connectivity index (χ1n) is 6.65. The Morgan fingerprint density at radius 2 is 2.30 bits per heavy atom. The number of benzene rings is 1. The summed E-state index contributed by atoms with van der Waals surface area (Å²) in [6, 6.07) is 7.49. The highest BCUT2D eigenvalue weighted by molar-refractivity contribution is 5.97. The molecule has 110 valence electrons. The second-order valence-corrected chi connectivity index (χ2v) is 4.61. The molecule has 2 rings (SSSR count). The third-order valence-corrected chi connectivity index (χ3v) is 3.12. The third kappa shape index (κ3) is 4.54. The van der Waals surface area contributed by atoms with Crippen LogP contribution in [0, 0.1) is 0 Å². The fourth-order valence-corrected chi connectivity index (χ4v) is 2.17. The zero-order valence-corrected chi connectivity index (χ0v) is 12.2. The summed E-state index contributed by atoms with van der Waals surface area (Å²) in [5.41, 5.74) is 0.579. The maximum absolute atomic E-state index is 12.3. The number of rotatable bonds is 5. The number of piperidine rings is 1. The summed E-state index contributed by atoms with van der Waals surface area (Å²) < 4.78 is 5.50. The molecule has 1 heterocycles. The molecule has 1 fully saturated rings. The van der Waals surface area contributed by atoms with Gasteiger partial charge in [-0.3, -0.25) is 4.79 Å². The lowest BCUT2D eigenvalue weighted by Gasteiger charge is -2.24. The molecule has 0 bridgehead atoms. The molecule has 0 saturated carbocycles. The van der Waals surface area contributed by atoms with Crippen LogP contribution in [0.1, 0.15) is 23.2 Å². The predicted molar refractivity (Wildman–Crippen MR) is 82.7 cm³/mol. The first kappa shape index (κ1) is 16.5. The van der Waals surface area contributed by atoms with Crippen molar-refractivity contribution in [2.24, 2.45) is 0 Å². The Labute approximate surface area is 126 Å². The molecule has 1 amide bonds. The van der Waals surface area contributed by atoms with Crippen LogP contribution in [0.2, 0.25) is 0 Å². The van der Waals surface area contributed by atoms with E-state index in [1.807, 2.05) is 12.1 Å². The van der Waals surface area contributed by atoms with E-state index in [1.165, 1.54) is 0 Å². The highest BCUT2D eigenvalue weighted by Crippen LogP contribution is 2.18. The van der Waals surface area contributed by atoms with Crippen molar-refractivity contribution in [1.82, 2.24) is 10.6 Å². The lowest BCUT2D eigenvalue weighted by atomic mass is 10.1. The Morgan fingerprint density at radius 3 is 3.00 bits per heavy atom. The van der Waals surface area contributed by atoms with E-state index in [2.05, 4.69) is 17.2 Å². The van der Waals surface area contributed by atoms with Crippen molar-refractivity contribution >= 4 is 18.3 Å². The van der Waals surface area contributed by atoms with Gasteiger partial charge in [-0.05, 0) is 31.5 Å². The van der Waals surface area contributed by atoms with Gasteiger partial charge in [0.25, 0.3) is 5.91 Å². The van der Waals surface area contributed by atoms with Gasteiger partial charge in [-0.25, -0.2) is 0 Å². The maximum Gasteiger partial charge on any atom is 0.255 e. The Balaban J connectivity index is 0.00000200. The van der Waals surface area contributed by atoms with Crippen molar-refractivity contribution < 1.29 is 9.53 Å². The van der Waals surface area contributed by atoms with Crippen molar-refractivity contribution in [2.45, 2.75) is 18.9 Å². The zero-order chi connectivity index (χ0) is 13.5. The summed E-state index contributed by atoms with van der Waals surface area (Å²) in [6.45, 7) is 5.88. The number of hydrogen-bond donors (Lipinski definition) is 2. The average molecular weight is 297 g/mol. The van der Waals surface area contributed by atoms with Crippen molar-refractivity contribution in [3.63, 3.8) is 0 Å². The monoisotopic (exact) mass is 296 g/mol. The number of halogens is 1. The SMILES string of the molecule is C=CCOc1ccccc1C(=O)NC1CCCNC1.Cl. The van der Waals surface area contributed by atoms with Gasteiger partial charge in [0.15, 0.2) is 0 Å². The van der Waals surface area contributed by atoms with Gasteiger partial charge in [-0.15, -0.1) is 12.4 Å². The first-order valence-corrected chi connectivity index (χ1v) is 6.65. The largest absolute Gasteiger partial charge is 0.489 e. The fourth-order valence-electron chi connectivity index (χ4n) is 2.17. The number of amides is 1. The standard InChI is InChI=1S/C15H20N2O2.ClH/c1-2-10-19-14-8-4-3-7-13(14)15(18)17-12-6-5-9-16-11-12;/h2-4,7-8,12,16H,1,5-6,9-11H2,(H,17,18);1H. The quantitative estimate of drug-likeness (QED) is 0.819. The van der Waals surface area contributed by atoms with E-state index in [1.54, 1.807) is 18.2 Å². The van der Waals surface area contributed by atoms with E-state index in [0.29, 0.717) is 17.9 Å². The molecule has 20 heavy (non-hydrogen) atoms. The molecule has 0 spiro atoms. The molecule has 1 unspecified atom stereocenters. The van der Waals surface area contributed by atoms with E-state index in [9.17, 15) is 4.79 Å². The topological polar surface area (TPSA) is 50.4 Å². The number of para-hydroxylation sites is 1. The van der Waals surface area contributed by atoms with Gasteiger partial charge < -0.3 is 15.4 Å². The Hall–Kier alpha value is -1.52. The Kier molecular flexibility index (Phi) is 7.12. The second kappa shape index (κ2) is 8.61. The molecule has 1 aromatic rings. The van der Waals surface area contributed by atoms with Crippen LogP contribution in [-0.2, 0) is 0 Å². The highest BCUT2D eigenvalue weighted by Gasteiger charge is 2.18. The van der Waals surface area contributed by atoms with Crippen LogP contribution >= 0.6 is 12.4 Å².